The molecule has 4 heterocycles. The topological polar surface area (TPSA) is 96.8 Å². The van der Waals surface area contributed by atoms with E-state index in [0.717, 1.165) is 22.3 Å². The second-order valence-corrected chi connectivity index (χ2v) is 15.7. The molecule has 0 saturated heterocycles. The Morgan fingerprint density at radius 3 is 1.25 bits per heavy atom. The predicted molar refractivity (Wildman–Crippen MR) is 209 cm³/mol. The van der Waals surface area contributed by atoms with Crippen LogP contribution in [0.3, 0.4) is 0 Å². The lowest BCUT2D eigenvalue weighted by Gasteiger charge is -2.30. The van der Waals surface area contributed by atoms with Gasteiger partial charge in [0.25, 0.3) is 0 Å². The number of carbonyl (C=O) groups is 1. The summed E-state index contributed by atoms with van der Waals surface area (Å²) in [4.78, 5) is 39.6. The molecule has 0 aliphatic heterocycles. The first kappa shape index (κ1) is 42.8. The van der Waals surface area contributed by atoms with Crippen LogP contribution in [0.1, 0.15) is 49.4 Å². The highest BCUT2D eigenvalue weighted by atomic mass is 35.5. The zero-order valence-corrected chi connectivity index (χ0v) is 34.4. The maximum atomic E-state index is 13.5. The van der Waals surface area contributed by atoms with E-state index in [4.69, 9.17) is 102 Å². The van der Waals surface area contributed by atoms with E-state index in [2.05, 4.69) is 24.8 Å². The Kier molecular flexibility index (Phi) is 16.6. The molecule has 0 fully saturated rings. The Morgan fingerprint density at radius 2 is 0.904 bits per heavy atom. The molecule has 0 aromatic carbocycles. The molecule has 0 atom stereocenters. The molecule has 0 aliphatic rings. The van der Waals surface area contributed by atoms with Crippen LogP contribution in [-0.2, 0) is 35.8 Å². The number of aromatic nitrogens is 4. The number of carbonyl (C=O) groups excluding carboxylic acids is 1. The van der Waals surface area contributed by atoms with Crippen molar-refractivity contribution in [2.75, 3.05) is 26.2 Å². The Bertz CT molecular complexity index is 1640. The Balaban J connectivity index is 1.48. The number of hydroxylamine groups is 2. The number of pyridine rings is 4. The molecule has 1 amide bonds. The van der Waals surface area contributed by atoms with Crippen molar-refractivity contribution in [3.05, 3.63) is 112 Å². The third-order valence-corrected chi connectivity index (χ3v) is 8.55. The first-order valence-corrected chi connectivity index (χ1v) is 18.9. The maximum Gasteiger partial charge on any atom is 0.410 e. The van der Waals surface area contributed by atoms with Crippen molar-refractivity contribution in [2.24, 2.45) is 0 Å². The lowest BCUT2D eigenvalue weighted by Crippen LogP contribution is -2.42. The number of amides is 1. The lowest BCUT2D eigenvalue weighted by atomic mass is 10.2. The Morgan fingerprint density at radius 1 is 0.558 bits per heavy atom. The second-order valence-electron chi connectivity index (χ2n) is 12.6. The lowest BCUT2D eigenvalue weighted by molar-refractivity contribution is -0.175. The number of hydrogen-bond donors (Lipinski definition) is 0. The predicted octanol–water partition coefficient (Wildman–Crippen LogP) is 10.8. The summed E-state index contributed by atoms with van der Waals surface area (Å²) in [5, 5.41) is 3.82. The van der Waals surface area contributed by atoms with Gasteiger partial charge in [-0.15, -0.1) is 0 Å². The molecular weight excluding hydrogens is 838 g/mol. The molecule has 280 valence electrons. The molecule has 0 saturated carbocycles. The fraction of sp³-hybridized carbons (Fsp3) is 0.382. The van der Waals surface area contributed by atoms with Crippen molar-refractivity contribution < 1.29 is 14.4 Å². The van der Waals surface area contributed by atoms with Crippen molar-refractivity contribution in [3.63, 3.8) is 0 Å². The highest BCUT2D eigenvalue weighted by Gasteiger charge is 2.23. The molecule has 0 unspecified atom stereocenters. The summed E-state index contributed by atoms with van der Waals surface area (Å²) in [6.45, 7) is 8.30. The number of halogens is 8. The van der Waals surface area contributed by atoms with Gasteiger partial charge >= 0.3 is 6.09 Å². The number of ether oxygens (including phenoxy) is 1. The summed E-state index contributed by atoms with van der Waals surface area (Å²) in [5.41, 5.74) is 2.52. The van der Waals surface area contributed by atoms with Gasteiger partial charge in [0, 0.05) is 45.8 Å². The average molecular weight is 873 g/mol. The van der Waals surface area contributed by atoms with Gasteiger partial charge < -0.3 is 9.64 Å². The monoisotopic (exact) mass is 869 g/mol. The SMILES string of the molecule is CC(C)(C)OC(=O)N(CCCON(Cc1cc(Cl)nc(Cl)c1)Cc1cc(Cl)nc(Cl)c1)CCN(Cc1cc(Cl)nc(Cl)c1)Cc1cc(Cl)nc(Cl)c1. The maximum absolute atomic E-state index is 13.5. The fourth-order valence-electron chi connectivity index (χ4n) is 5.04. The van der Waals surface area contributed by atoms with E-state index in [1.54, 1.807) is 58.5 Å². The van der Waals surface area contributed by atoms with Gasteiger partial charge in [-0.1, -0.05) is 92.8 Å². The molecule has 4 aromatic heterocycles. The van der Waals surface area contributed by atoms with E-state index in [1.807, 2.05) is 20.8 Å². The van der Waals surface area contributed by atoms with Crippen LogP contribution in [0, 0.1) is 0 Å². The van der Waals surface area contributed by atoms with Gasteiger partial charge in [-0.3, -0.25) is 9.74 Å². The van der Waals surface area contributed by atoms with E-state index in [0.29, 0.717) is 52.2 Å². The van der Waals surface area contributed by atoms with Crippen LogP contribution in [-0.4, -0.2) is 72.7 Å². The van der Waals surface area contributed by atoms with E-state index < -0.39 is 11.7 Å². The van der Waals surface area contributed by atoms with Crippen LogP contribution >= 0.6 is 92.8 Å². The van der Waals surface area contributed by atoms with Crippen LogP contribution in [0.25, 0.3) is 0 Å². The molecule has 0 bridgehead atoms. The standard InChI is InChI=1S/C34H35Cl8N7O3/c1-34(2,3)52-33(50)48(7-6-47(17-21-9-25(35)43-26(36)10-21)18-22-11-27(37)44-28(38)12-22)5-4-8-51-49(19-23-13-29(39)45-30(40)14-23)20-24-15-31(41)46-32(42)16-24/h9-16H,4-8,17-20H2,1-3H3. The second kappa shape index (κ2) is 20.1. The molecule has 0 N–H and O–H groups in total. The summed E-state index contributed by atoms with van der Waals surface area (Å²) >= 11 is 49.5. The smallest absolute Gasteiger partial charge is 0.410 e. The number of hydrogen-bond acceptors (Lipinski definition) is 9. The van der Waals surface area contributed by atoms with Crippen LogP contribution in [0.15, 0.2) is 48.5 Å². The molecule has 4 rings (SSSR count). The fourth-order valence-corrected chi connectivity index (χ4v) is 7.06. The number of nitrogens with zero attached hydrogens (tertiary/aromatic N) is 7. The Hall–Kier alpha value is -1.93. The molecule has 52 heavy (non-hydrogen) atoms. The summed E-state index contributed by atoms with van der Waals surface area (Å²) in [6, 6.07) is 13.8. The average Bonchev–Trinajstić information content (AvgIpc) is 2.97. The first-order valence-electron chi connectivity index (χ1n) is 15.9. The van der Waals surface area contributed by atoms with Gasteiger partial charge in [0.1, 0.15) is 46.8 Å². The van der Waals surface area contributed by atoms with Crippen molar-refractivity contribution >= 4 is 98.9 Å². The van der Waals surface area contributed by atoms with Gasteiger partial charge in [-0.05, 0) is 98.0 Å². The highest BCUT2D eigenvalue weighted by molar-refractivity contribution is 6.34. The van der Waals surface area contributed by atoms with Crippen molar-refractivity contribution in [3.8, 4) is 0 Å². The molecular formula is C34H35Cl8N7O3. The number of rotatable bonds is 16. The van der Waals surface area contributed by atoms with Gasteiger partial charge in [-0.25, -0.2) is 24.7 Å². The summed E-state index contributed by atoms with van der Waals surface area (Å²) < 4.78 is 5.78. The quantitative estimate of drug-likeness (QED) is 0.0619. The van der Waals surface area contributed by atoms with Crippen molar-refractivity contribution in [1.29, 1.82) is 0 Å². The van der Waals surface area contributed by atoms with Crippen LogP contribution in [0.4, 0.5) is 4.79 Å². The Labute approximate surface area is 343 Å². The molecule has 4 aromatic rings. The zero-order valence-electron chi connectivity index (χ0n) is 28.4. The summed E-state index contributed by atoms with van der Waals surface area (Å²) in [7, 11) is 0. The van der Waals surface area contributed by atoms with E-state index in [1.165, 1.54) is 0 Å². The van der Waals surface area contributed by atoms with Crippen molar-refractivity contribution in [2.45, 2.75) is 59.0 Å². The van der Waals surface area contributed by atoms with Crippen LogP contribution < -0.4 is 0 Å². The van der Waals surface area contributed by atoms with E-state index in [9.17, 15) is 4.79 Å². The highest BCUT2D eigenvalue weighted by Crippen LogP contribution is 2.23. The van der Waals surface area contributed by atoms with Gasteiger partial charge in [0.15, 0.2) is 0 Å². The molecule has 0 radical (unpaired) electrons. The summed E-state index contributed by atoms with van der Waals surface area (Å²) in [6.07, 6.45) is 0.00722. The first-order chi connectivity index (χ1) is 24.5. The minimum absolute atomic E-state index is 0.254. The molecule has 0 spiro atoms. The third-order valence-electron chi connectivity index (χ3n) is 7.00. The van der Waals surface area contributed by atoms with E-state index in [-0.39, 0.29) is 47.8 Å². The van der Waals surface area contributed by atoms with Gasteiger partial charge in [0.2, 0.25) is 0 Å². The normalized spacial score (nSPS) is 11.8. The van der Waals surface area contributed by atoms with Gasteiger partial charge in [0.05, 0.1) is 6.61 Å². The van der Waals surface area contributed by atoms with Gasteiger partial charge in [-0.2, -0.15) is 5.06 Å². The largest absolute Gasteiger partial charge is 0.444 e. The van der Waals surface area contributed by atoms with Crippen LogP contribution in [0.2, 0.25) is 41.2 Å². The van der Waals surface area contributed by atoms with Crippen LogP contribution in [0.5, 0.6) is 0 Å². The molecule has 10 nitrogen and oxygen atoms in total. The molecule has 18 heteroatoms. The summed E-state index contributed by atoms with van der Waals surface area (Å²) in [5.74, 6) is 0. The zero-order chi connectivity index (χ0) is 38.0. The molecule has 0 aliphatic carbocycles. The minimum Gasteiger partial charge on any atom is -0.444 e. The minimum atomic E-state index is -0.711. The van der Waals surface area contributed by atoms with Crippen molar-refractivity contribution in [1.82, 2.24) is 34.8 Å². The van der Waals surface area contributed by atoms with E-state index >= 15 is 0 Å². The third kappa shape index (κ3) is 15.4.